The minimum Gasteiger partial charge on any atom is -0.465 e. The molecule has 29 heavy (non-hydrogen) atoms. The molecule has 1 atom stereocenters. The van der Waals surface area contributed by atoms with Crippen molar-refractivity contribution in [1.29, 1.82) is 0 Å². The van der Waals surface area contributed by atoms with E-state index in [0.717, 1.165) is 5.56 Å². The third-order valence-electron chi connectivity index (χ3n) is 4.56. The summed E-state index contributed by atoms with van der Waals surface area (Å²) in [5.41, 5.74) is 0.941. The van der Waals surface area contributed by atoms with Gasteiger partial charge in [-0.3, -0.25) is 14.6 Å². The van der Waals surface area contributed by atoms with Crippen LogP contribution in [0, 0.1) is 5.41 Å². The molecule has 1 aliphatic heterocycles. The van der Waals surface area contributed by atoms with E-state index in [1.165, 1.54) is 0 Å². The van der Waals surface area contributed by atoms with Gasteiger partial charge in [0, 0.05) is 15.7 Å². The topological polar surface area (TPSA) is 71.0 Å². The SMILES string of the molecule is CCOC(=O)C1(C)CN(CC(=O)Nc2ccc(Cl)cc2)N=C1c1ccc(Cl)cc1. The first-order chi connectivity index (χ1) is 13.8. The maximum absolute atomic E-state index is 12.7. The number of benzene rings is 2. The van der Waals surface area contributed by atoms with E-state index in [1.807, 2.05) is 0 Å². The van der Waals surface area contributed by atoms with E-state index in [1.54, 1.807) is 67.4 Å². The summed E-state index contributed by atoms with van der Waals surface area (Å²) in [4.78, 5) is 25.2. The highest BCUT2D eigenvalue weighted by Crippen LogP contribution is 2.33. The van der Waals surface area contributed by atoms with Crippen LogP contribution in [0.4, 0.5) is 5.69 Å². The highest BCUT2D eigenvalue weighted by Gasteiger charge is 2.47. The summed E-state index contributed by atoms with van der Waals surface area (Å²) in [6.07, 6.45) is 0. The molecule has 2 aromatic rings. The lowest BCUT2D eigenvalue weighted by Crippen LogP contribution is -2.41. The molecule has 152 valence electrons. The van der Waals surface area contributed by atoms with Gasteiger partial charge in [0.05, 0.1) is 18.9 Å². The minimum absolute atomic E-state index is 0.00525. The number of carbonyl (C=O) groups is 2. The predicted octanol–water partition coefficient (Wildman–Crippen LogP) is 4.22. The van der Waals surface area contributed by atoms with E-state index in [-0.39, 0.29) is 31.6 Å². The summed E-state index contributed by atoms with van der Waals surface area (Å²) in [6.45, 7) is 4.02. The van der Waals surface area contributed by atoms with Crippen LogP contribution in [-0.2, 0) is 14.3 Å². The van der Waals surface area contributed by atoms with Gasteiger partial charge in [0.1, 0.15) is 12.0 Å². The number of amides is 1. The molecular formula is C21H21Cl2N3O3. The van der Waals surface area contributed by atoms with Gasteiger partial charge in [-0.05, 0) is 55.8 Å². The Morgan fingerprint density at radius 2 is 1.69 bits per heavy atom. The minimum atomic E-state index is -0.996. The van der Waals surface area contributed by atoms with Gasteiger partial charge < -0.3 is 10.1 Å². The smallest absolute Gasteiger partial charge is 0.319 e. The number of rotatable bonds is 6. The maximum atomic E-state index is 12.7. The Labute approximate surface area is 179 Å². The molecule has 1 N–H and O–H groups in total. The number of esters is 1. The summed E-state index contributed by atoms with van der Waals surface area (Å²) in [5, 5.41) is 10.1. The van der Waals surface area contributed by atoms with Crippen molar-refractivity contribution in [3.8, 4) is 0 Å². The van der Waals surface area contributed by atoms with Gasteiger partial charge in [0.25, 0.3) is 0 Å². The normalized spacial score (nSPS) is 18.3. The molecule has 0 saturated carbocycles. The average Bonchev–Trinajstić information content (AvgIpc) is 3.02. The molecule has 1 aliphatic rings. The standard InChI is InChI=1S/C21H21Cl2N3O3/c1-3-29-20(28)21(2)13-26(25-19(21)14-4-6-15(22)7-5-14)12-18(27)24-17-10-8-16(23)9-11-17/h4-11H,3,12-13H2,1-2H3,(H,24,27). The van der Waals surface area contributed by atoms with Crippen LogP contribution in [-0.4, -0.2) is 42.3 Å². The molecule has 1 amide bonds. The molecule has 0 aromatic heterocycles. The third kappa shape index (κ3) is 4.89. The van der Waals surface area contributed by atoms with E-state index >= 15 is 0 Å². The molecule has 2 aromatic carbocycles. The van der Waals surface area contributed by atoms with Gasteiger partial charge in [0.15, 0.2) is 0 Å². The van der Waals surface area contributed by atoms with E-state index < -0.39 is 5.41 Å². The van der Waals surface area contributed by atoms with Crippen molar-refractivity contribution in [2.75, 3.05) is 25.0 Å². The fourth-order valence-corrected chi connectivity index (χ4v) is 3.41. The van der Waals surface area contributed by atoms with Crippen molar-refractivity contribution >= 4 is 46.5 Å². The van der Waals surface area contributed by atoms with Gasteiger partial charge in [-0.2, -0.15) is 5.10 Å². The molecule has 0 aliphatic carbocycles. The second kappa shape index (κ2) is 8.84. The van der Waals surface area contributed by atoms with Gasteiger partial charge in [-0.1, -0.05) is 35.3 Å². The van der Waals surface area contributed by atoms with Crippen LogP contribution in [0.5, 0.6) is 0 Å². The monoisotopic (exact) mass is 433 g/mol. The number of nitrogens with one attached hydrogen (secondary N) is 1. The summed E-state index contributed by atoms with van der Waals surface area (Å²) in [5.74, 6) is -0.631. The molecule has 3 rings (SSSR count). The Hall–Kier alpha value is -2.57. The quantitative estimate of drug-likeness (QED) is 0.692. The lowest BCUT2D eigenvalue weighted by molar-refractivity contribution is -0.150. The number of halogens is 2. The van der Waals surface area contributed by atoms with Crippen LogP contribution in [0.3, 0.4) is 0 Å². The largest absolute Gasteiger partial charge is 0.465 e. The molecule has 0 fully saturated rings. The van der Waals surface area contributed by atoms with Crippen LogP contribution < -0.4 is 5.32 Å². The number of nitrogens with zero attached hydrogens (tertiary/aromatic N) is 2. The summed E-state index contributed by atoms with van der Waals surface area (Å²) in [7, 11) is 0. The van der Waals surface area contributed by atoms with Gasteiger partial charge in [-0.25, -0.2) is 0 Å². The number of hydrogen-bond acceptors (Lipinski definition) is 5. The second-order valence-electron chi connectivity index (χ2n) is 6.89. The van der Waals surface area contributed by atoms with Gasteiger partial charge in [0.2, 0.25) is 5.91 Å². The van der Waals surface area contributed by atoms with Crippen molar-refractivity contribution in [2.24, 2.45) is 10.5 Å². The first-order valence-electron chi connectivity index (χ1n) is 9.14. The second-order valence-corrected chi connectivity index (χ2v) is 7.76. The molecule has 0 bridgehead atoms. The zero-order valence-electron chi connectivity index (χ0n) is 16.1. The van der Waals surface area contributed by atoms with Crippen molar-refractivity contribution < 1.29 is 14.3 Å². The lowest BCUT2D eigenvalue weighted by atomic mass is 9.82. The molecule has 0 spiro atoms. The number of carbonyl (C=O) groups excluding carboxylic acids is 2. The molecule has 0 radical (unpaired) electrons. The Balaban J connectivity index is 1.80. The summed E-state index contributed by atoms with van der Waals surface area (Å²) < 4.78 is 5.28. The molecule has 1 unspecified atom stereocenters. The fourth-order valence-electron chi connectivity index (χ4n) is 3.15. The van der Waals surface area contributed by atoms with Crippen LogP contribution in [0.25, 0.3) is 0 Å². The van der Waals surface area contributed by atoms with Crippen molar-refractivity contribution in [3.05, 3.63) is 64.1 Å². The first kappa shape index (κ1) is 21.1. The van der Waals surface area contributed by atoms with Crippen LogP contribution in [0.2, 0.25) is 10.0 Å². The average molecular weight is 434 g/mol. The maximum Gasteiger partial charge on any atom is 0.319 e. The lowest BCUT2D eigenvalue weighted by Gasteiger charge is -2.24. The zero-order chi connectivity index (χ0) is 21.0. The van der Waals surface area contributed by atoms with Crippen molar-refractivity contribution in [1.82, 2.24) is 5.01 Å². The number of hydrazone groups is 1. The number of hydrogen-bond donors (Lipinski definition) is 1. The molecular weight excluding hydrogens is 413 g/mol. The summed E-state index contributed by atoms with van der Waals surface area (Å²) in [6, 6.07) is 13.9. The predicted molar refractivity (Wildman–Crippen MR) is 114 cm³/mol. The van der Waals surface area contributed by atoms with E-state index in [2.05, 4.69) is 10.4 Å². The molecule has 6 nitrogen and oxygen atoms in total. The molecule has 8 heteroatoms. The van der Waals surface area contributed by atoms with Crippen LogP contribution >= 0.6 is 23.2 Å². The van der Waals surface area contributed by atoms with Gasteiger partial charge in [-0.15, -0.1) is 0 Å². The fraction of sp³-hybridized carbons (Fsp3) is 0.286. The number of ether oxygens (including phenoxy) is 1. The zero-order valence-corrected chi connectivity index (χ0v) is 17.6. The Bertz CT molecular complexity index is 929. The Kier molecular flexibility index (Phi) is 6.45. The van der Waals surface area contributed by atoms with Crippen LogP contribution in [0.1, 0.15) is 19.4 Å². The molecule has 1 heterocycles. The summed E-state index contributed by atoms with van der Waals surface area (Å²) >= 11 is 11.8. The van der Waals surface area contributed by atoms with E-state index in [0.29, 0.717) is 21.4 Å². The highest BCUT2D eigenvalue weighted by molar-refractivity contribution is 6.31. The van der Waals surface area contributed by atoms with Crippen LogP contribution in [0.15, 0.2) is 53.6 Å². The Morgan fingerprint density at radius 3 is 2.28 bits per heavy atom. The first-order valence-corrected chi connectivity index (χ1v) is 9.90. The number of anilines is 1. The Morgan fingerprint density at radius 1 is 1.10 bits per heavy atom. The van der Waals surface area contributed by atoms with Crippen molar-refractivity contribution in [2.45, 2.75) is 13.8 Å². The third-order valence-corrected chi connectivity index (χ3v) is 5.06. The molecule has 0 saturated heterocycles. The van der Waals surface area contributed by atoms with E-state index in [4.69, 9.17) is 27.9 Å². The van der Waals surface area contributed by atoms with E-state index in [9.17, 15) is 9.59 Å². The van der Waals surface area contributed by atoms with Gasteiger partial charge >= 0.3 is 5.97 Å². The van der Waals surface area contributed by atoms with Crippen molar-refractivity contribution in [3.63, 3.8) is 0 Å². The highest BCUT2D eigenvalue weighted by atomic mass is 35.5.